The number of carbonyl (C=O) groups is 1. The van der Waals surface area contributed by atoms with E-state index in [9.17, 15) is 9.59 Å². The molecule has 0 unspecified atom stereocenters. The number of benzene rings is 2. The molecule has 35 heavy (non-hydrogen) atoms. The summed E-state index contributed by atoms with van der Waals surface area (Å²) in [4.78, 5) is 42.1. The molecular weight excluding hydrogens is 462 g/mol. The third-order valence-electron chi connectivity index (χ3n) is 6.44. The summed E-state index contributed by atoms with van der Waals surface area (Å²) in [5.74, 6) is 0.884. The Morgan fingerprint density at radius 2 is 1.97 bits per heavy atom. The molecule has 1 saturated heterocycles. The summed E-state index contributed by atoms with van der Waals surface area (Å²) in [6.45, 7) is 3.09. The molecule has 8 nitrogen and oxygen atoms in total. The predicted octanol–water partition coefficient (Wildman–Crippen LogP) is 3.39. The lowest BCUT2D eigenvalue weighted by atomic mass is 9.98. The Kier molecular flexibility index (Phi) is 7.17. The number of rotatable bonds is 8. The van der Waals surface area contributed by atoms with E-state index in [-0.39, 0.29) is 23.9 Å². The maximum atomic E-state index is 13.3. The smallest absolute Gasteiger partial charge is 0.258 e. The Hall–Kier alpha value is -3.14. The van der Waals surface area contributed by atoms with Crippen molar-refractivity contribution in [1.82, 2.24) is 24.8 Å². The lowest BCUT2D eigenvalue weighted by Crippen LogP contribution is -2.45. The average molecular weight is 492 g/mol. The van der Waals surface area contributed by atoms with Gasteiger partial charge in [-0.1, -0.05) is 24.3 Å². The maximum absolute atomic E-state index is 13.3. The zero-order chi connectivity index (χ0) is 24.2. The van der Waals surface area contributed by atoms with Gasteiger partial charge in [-0.25, -0.2) is 9.97 Å². The number of hydrogen-bond acceptors (Lipinski definition) is 7. The van der Waals surface area contributed by atoms with Gasteiger partial charge in [0.15, 0.2) is 0 Å². The molecule has 1 aliphatic heterocycles. The van der Waals surface area contributed by atoms with Crippen molar-refractivity contribution < 1.29 is 9.53 Å². The standard InChI is InChI=1S/C26H29N5O3S/c1-34-14-13-30(16-23-27-20-9-3-2-8-19(20)25(33)29-23)17-24(32)31-12-6-7-18(15-31)26-28-21-10-4-5-11-22(21)35-26/h2-5,8-11,18H,6-7,12-17H2,1H3,(H,27,29,33)/t18-/m1/s1. The van der Waals surface area contributed by atoms with Crippen molar-refractivity contribution in [2.75, 3.05) is 39.9 Å². The fourth-order valence-electron chi connectivity index (χ4n) is 4.62. The van der Waals surface area contributed by atoms with Gasteiger partial charge in [0.05, 0.1) is 45.8 Å². The van der Waals surface area contributed by atoms with Crippen LogP contribution in [-0.2, 0) is 16.1 Å². The van der Waals surface area contributed by atoms with Crippen LogP contribution in [0.25, 0.3) is 21.1 Å². The highest BCUT2D eigenvalue weighted by Crippen LogP contribution is 2.33. The van der Waals surface area contributed by atoms with E-state index in [1.54, 1.807) is 24.5 Å². The number of likely N-dealkylation sites (tertiary alicyclic amines) is 1. The number of carbonyl (C=O) groups excluding carboxylic acids is 1. The van der Waals surface area contributed by atoms with Crippen LogP contribution >= 0.6 is 11.3 Å². The van der Waals surface area contributed by atoms with Crippen LogP contribution in [-0.4, -0.2) is 70.6 Å². The van der Waals surface area contributed by atoms with E-state index in [1.807, 2.05) is 46.2 Å². The summed E-state index contributed by atoms with van der Waals surface area (Å²) in [7, 11) is 1.64. The largest absolute Gasteiger partial charge is 0.383 e. The second kappa shape index (κ2) is 10.6. The molecule has 0 spiro atoms. The number of amides is 1. The fourth-order valence-corrected chi connectivity index (χ4v) is 5.71. The first-order valence-electron chi connectivity index (χ1n) is 11.9. The minimum absolute atomic E-state index is 0.0788. The van der Waals surface area contributed by atoms with Gasteiger partial charge in [-0.3, -0.25) is 14.5 Å². The molecule has 0 radical (unpaired) electrons. The summed E-state index contributed by atoms with van der Waals surface area (Å²) in [5.41, 5.74) is 1.51. The number of fused-ring (bicyclic) bond motifs is 2. The molecule has 1 fully saturated rings. The molecule has 4 aromatic rings. The molecule has 9 heteroatoms. The quantitative estimate of drug-likeness (QED) is 0.406. The topological polar surface area (TPSA) is 91.4 Å². The van der Waals surface area contributed by atoms with Gasteiger partial charge in [-0.15, -0.1) is 11.3 Å². The number of para-hydroxylation sites is 2. The minimum Gasteiger partial charge on any atom is -0.383 e. The minimum atomic E-state index is -0.168. The molecule has 5 rings (SSSR count). The zero-order valence-corrected chi connectivity index (χ0v) is 20.6. The van der Waals surface area contributed by atoms with Gasteiger partial charge in [-0.2, -0.15) is 0 Å². The van der Waals surface area contributed by atoms with Gasteiger partial charge >= 0.3 is 0 Å². The van der Waals surface area contributed by atoms with Crippen LogP contribution in [0.15, 0.2) is 53.3 Å². The monoisotopic (exact) mass is 491 g/mol. The number of piperidine rings is 1. The molecule has 1 amide bonds. The number of ether oxygens (including phenoxy) is 1. The molecule has 1 atom stereocenters. The third-order valence-corrected chi connectivity index (χ3v) is 7.64. The lowest BCUT2D eigenvalue weighted by Gasteiger charge is -2.33. The molecule has 0 aliphatic carbocycles. The molecular formula is C26H29N5O3S. The predicted molar refractivity (Wildman–Crippen MR) is 138 cm³/mol. The summed E-state index contributed by atoms with van der Waals surface area (Å²) < 4.78 is 6.46. The van der Waals surface area contributed by atoms with Gasteiger partial charge in [0.25, 0.3) is 5.56 Å². The van der Waals surface area contributed by atoms with Crippen LogP contribution in [0.4, 0.5) is 0 Å². The second-order valence-corrected chi connectivity index (χ2v) is 9.99. The van der Waals surface area contributed by atoms with E-state index in [1.165, 1.54) is 4.70 Å². The number of aromatic amines is 1. The first-order chi connectivity index (χ1) is 17.1. The Morgan fingerprint density at radius 3 is 2.80 bits per heavy atom. The van der Waals surface area contributed by atoms with Gasteiger partial charge in [0.2, 0.25) is 5.91 Å². The van der Waals surface area contributed by atoms with Gasteiger partial charge in [0.1, 0.15) is 5.82 Å². The lowest BCUT2D eigenvalue weighted by molar-refractivity contribution is -0.134. The maximum Gasteiger partial charge on any atom is 0.258 e. The number of nitrogens with one attached hydrogen (secondary N) is 1. The molecule has 0 bridgehead atoms. The second-order valence-electron chi connectivity index (χ2n) is 8.93. The number of nitrogens with zero attached hydrogens (tertiary/aromatic N) is 4. The Bertz CT molecular complexity index is 1350. The van der Waals surface area contributed by atoms with Crippen LogP contribution in [0.3, 0.4) is 0 Å². The van der Waals surface area contributed by atoms with Crippen molar-refractivity contribution in [3.05, 3.63) is 69.7 Å². The fraction of sp³-hybridized carbons (Fsp3) is 0.385. The van der Waals surface area contributed by atoms with Crippen molar-refractivity contribution in [3.63, 3.8) is 0 Å². The van der Waals surface area contributed by atoms with Crippen molar-refractivity contribution in [2.24, 2.45) is 0 Å². The molecule has 0 saturated carbocycles. The SMILES string of the molecule is COCCN(CC(=O)N1CCC[C@@H](c2nc3ccccc3s2)C1)Cc1nc2ccccc2c(=O)[nH]1. The van der Waals surface area contributed by atoms with Crippen LogP contribution in [0, 0.1) is 0 Å². The number of aromatic nitrogens is 3. The normalized spacial score (nSPS) is 16.4. The number of H-pyrrole nitrogens is 1. The van der Waals surface area contributed by atoms with Crippen molar-refractivity contribution in [3.8, 4) is 0 Å². The highest BCUT2D eigenvalue weighted by molar-refractivity contribution is 7.18. The van der Waals surface area contributed by atoms with E-state index >= 15 is 0 Å². The highest BCUT2D eigenvalue weighted by Gasteiger charge is 2.28. The third kappa shape index (κ3) is 5.42. The van der Waals surface area contributed by atoms with E-state index in [4.69, 9.17) is 9.72 Å². The molecule has 1 N–H and O–H groups in total. The molecule has 2 aromatic carbocycles. The summed E-state index contributed by atoms with van der Waals surface area (Å²) in [6.07, 6.45) is 2.00. The summed E-state index contributed by atoms with van der Waals surface area (Å²) in [5, 5.41) is 1.67. The van der Waals surface area contributed by atoms with E-state index in [2.05, 4.69) is 16.0 Å². The number of thiazole rings is 1. The van der Waals surface area contributed by atoms with Crippen molar-refractivity contribution >= 4 is 38.4 Å². The summed E-state index contributed by atoms with van der Waals surface area (Å²) in [6, 6.07) is 15.5. The first-order valence-corrected chi connectivity index (χ1v) is 12.7. The summed E-state index contributed by atoms with van der Waals surface area (Å²) >= 11 is 1.73. The Balaban J connectivity index is 1.28. The number of hydrogen-bond donors (Lipinski definition) is 1. The molecule has 2 aromatic heterocycles. The van der Waals surface area contributed by atoms with E-state index < -0.39 is 0 Å². The van der Waals surface area contributed by atoms with E-state index in [0.29, 0.717) is 43.0 Å². The van der Waals surface area contributed by atoms with Gasteiger partial charge < -0.3 is 14.6 Å². The average Bonchev–Trinajstić information content (AvgIpc) is 3.32. The zero-order valence-electron chi connectivity index (χ0n) is 19.8. The van der Waals surface area contributed by atoms with Crippen LogP contribution < -0.4 is 5.56 Å². The highest BCUT2D eigenvalue weighted by atomic mass is 32.1. The van der Waals surface area contributed by atoms with Crippen LogP contribution in [0.5, 0.6) is 0 Å². The van der Waals surface area contributed by atoms with Crippen LogP contribution in [0.2, 0.25) is 0 Å². The van der Waals surface area contributed by atoms with E-state index in [0.717, 1.165) is 29.9 Å². The Labute approximate surface area is 207 Å². The van der Waals surface area contributed by atoms with Crippen LogP contribution in [0.1, 0.15) is 29.6 Å². The number of methoxy groups -OCH3 is 1. The first kappa shape index (κ1) is 23.6. The molecule has 3 heterocycles. The molecule has 182 valence electrons. The Morgan fingerprint density at radius 1 is 1.17 bits per heavy atom. The molecule has 1 aliphatic rings. The van der Waals surface area contributed by atoms with Gasteiger partial charge in [-0.05, 0) is 37.1 Å². The van der Waals surface area contributed by atoms with Gasteiger partial charge in [0, 0.05) is 32.7 Å². The van der Waals surface area contributed by atoms with Crippen molar-refractivity contribution in [1.29, 1.82) is 0 Å². The van der Waals surface area contributed by atoms with Crippen molar-refractivity contribution in [2.45, 2.75) is 25.3 Å².